The number of nitrogens with zero attached hydrogens (tertiary/aromatic N) is 1. The Kier molecular flexibility index (Phi) is 3.50. The highest BCUT2D eigenvalue weighted by molar-refractivity contribution is 7.09. The zero-order valence-corrected chi connectivity index (χ0v) is 9.31. The highest BCUT2D eigenvalue weighted by Crippen LogP contribution is 2.16. The van der Waals surface area contributed by atoms with Crippen molar-refractivity contribution in [3.8, 4) is 0 Å². The van der Waals surface area contributed by atoms with Crippen LogP contribution in [0.2, 0.25) is 0 Å². The van der Waals surface area contributed by atoms with Gasteiger partial charge in [-0.05, 0) is 26.3 Å². The predicted molar refractivity (Wildman–Crippen MR) is 59.6 cm³/mol. The summed E-state index contributed by atoms with van der Waals surface area (Å²) in [7, 11) is 0. The molecule has 1 saturated heterocycles. The van der Waals surface area contributed by atoms with E-state index in [1.807, 2.05) is 11.6 Å². The molecule has 2 rings (SSSR count). The van der Waals surface area contributed by atoms with Crippen LogP contribution in [0.4, 0.5) is 0 Å². The van der Waals surface area contributed by atoms with Crippen LogP contribution in [0, 0.1) is 0 Å². The van der Waals surface area contributed by atoms with Crippen LogP contribution >= 0.6 is 11.3 Å². The highest BCUT2D eigenvalue weighted by Gasteiger charge is 2.16. The minimum Gasteiger partial charge on any atom is -0.315 e. The van der Waals surface area contributed by atoms with Gasteiger partial charge in [0.25, 0.3) is 0 Å². The maximum Gasteiger partial charge on any atom is 0.109 e. The minimum atomic E-state index is 0.389. The molecule has 4 heteroatoms. The van der Waals surface area contributed by atoms with Crippen molar-refractivity contribution in [2.24, 2.45) is 0 Å². The summed E-state index contributed by atoms with van der Waals surface area (Å²) in [6.07, 6.45) is 4.43. The van der Waals surface area contributed by atoms with E-state index >= 15 is 0 Å². The third-order valence-electron chi connectivity index (χ3n) is 2.60. The van der Waals surface area contributed by atoms with Crippen LogP contribution in [0.3, 0.4) is 0 Å². The van der Waals surface area contributed by atoms with Crippen LogP contribution in [-0.2, 0) is 0 Å². The molecule has 1 aliphatic heterocycles. The van der Waals surface area contributed by atoms with Crippen molar-refractivity contribution < 1.29 is 0 Å². The molecular weight excluding hydrogens is 194 g/mol. The second-order valence-electron chi connectivity index (χ2n) is 3.80. The molecule has 0 saturated carbocycles. The zero-order valence-electron chi connectivity index (χ0n) is 8.49. The lowest BCUT2D eigenvalue weighted by atomic mass is 10.1. The van der Waals surface area contributed by atoms with E-state index in [1.165, 1.54) is 24.4 Å². The molecule has 78 valence electrons. The van der Waals surface area contributed by atoms with Gasteiger partial charge in [0.15, 0.2) is 0 Å². The Bertz CT molecular complexity index is 254. The van der Waals surface area contributed by atoms with E-state index in [-0.39, 0.29) is 0 Å². The van der Waals surface area contributed by atoms with E-state index in [0.717, 1.165) is 6.54 Å². The Morgan fingerprint density at radius 1 is 1.71 bits per heavy atom. The van der Waals surface area contributed by atoms with Gasteiger partial charge in [-0.15, -0.1) is 11.3 Å². The summed E-state index contributed by atoms with van der Waals surface area (Å²) in [6.45, 7) is 4.45. The van der Waals surface area contributed by atoms with Gasteiger partial charge in [-0.3, -0.25) is 0 Å². The van der Waals surface area contributed by atoms with Gasteiger partial charge < -0.3 is 10.6 Å². The van der Waals surface area contributed by atoms with Crippen molar-refractivity contribution in [1.29, 1.82) is 0 Å². The Morgan fingerprint density at radius 3 is 3.29 bits per heavy atom. The number of hydrogen-bond acceptors (Lipinski definition) is 4. The molecule has 0 aromatic carbocycles. The Hall–Kier alpha value is -0.450. The lowest BCUT2D eigenvalue weighted by Crippen LogP contribution is -2.43. The van der Waals surface area contributed by atoms with Gasteiger partial charge in [0.05, 0.1) is 6.04 Å². The fourth-order valence-corrected chi connectivity index (χ4v) is 2.52. The molecule has 3 nitrogen and oxygen atoms in total. The average Bonchev–Trinajstić information content (AvgIpc) is 2.72. The lowest BCUT2D eigenvalue weighted by Gasteiger charge is -2.26. The van der Waals surface area contributed by atoms with Crippen LogP contribution in [0.15, 0.2) is 11.6 Å². The molecule has 1 fully saturated rings. The summed E-state index contributed by atoms with van der Waals surface area (Å²) in [5.41, 5.74) is 0. The van der Waals surface area contributed by atoms with Crippen molar-refractivity contribution in [2.45, 2.75) is 31.8 Å². The third-order valence-corrected chi connectivity index (χ3v) is 3.56. The largest absolute Gasteiger partial charge is 0.315 e. The fraction of sp³-hybridized carbons (Fsp3) is 0.700. The van der Waals surface area contributed by atoms with E-state index in [1.54, 1.807) is 11.3 Å². The van der Waals surface area contributed by atoms with Crippen molar-refractivity contribution in [2.75, 3.05) is 13.1 Å². The highest BCUT2D eigenvalue weighted by atomic mass is 32.1. The van der Waals surface area contributed by atoms with Crippen molar-refractivity contribution in [3.63, 3.8) is 0 Å². The normalized spacial score (nSPS) is 24.8. The van der Waals surface area contributed by atoms with Gasteiger partial charge in [-0.25, -0.2) is 4.98 Å². The smallest absolute Gasteiger partial charge is 0.109 e. The second-order valence-corrected chi connectivity index (χ2v) is 4.73. The van der Waals surface area contributed by atoms with Crippen LogP contribution < -0.4 is 10.6 Å². The topological polar surface area (TPSA) is 37.0 Å². The second kappa shape index (κ2) is 4.87. The fourth-order valence-electron chi connectivity index (χ4n) is 1.87. The summed E-state index contributed by atoms with van der Waals surface area (Å²) in [5, 5.41) is 10.2. The minimum absolute atomic E-state index is 0.389. The third kappa shape index (κ3) is 2.53. The molecule has 2 N–H and O–H groups in total. The summed E-state index contributed by atoms with van der Waals surface area (Å²) >= 11 is 1.73. The summed E-state index contributed by atoms with van der Waals surface area (Å²) in [4.78, 5) is 4.32. The maximum atomic E-state index is 4.32. The zero-order chi connectivity index (χ0) is 9.80. The molecule has 0 amide bonds. The molecule has 1 aromatic heterocycles. The molecular formula is C10H17N3S. The van der Waals surface area contributed by atoms with E-state index in [2.05, 4.69) is 22.5 Å². The molecule has 0 radical (unpaired) electrons. The summed E-state index contributed by atoms with van der Waals surface area (Å²) < 4.78 is 0. The standard InChI is InChI=1S/C10H17N3S/c1-8(10-12-5-6-14-10)13-9-3-2-4-11-7-9/h5-6,8-9,11,13H,2-4,7H2,1H3/t8-,9+/m0/s1. The number of nitrogens with one attached hydrogen (secondary N) is 2. The van der Waals surface area contributed by atoms with Crippen molar-refractivity contribution in [1.82, 2.24) is 15.6 Å². The predicted octanol–water partition coefficient (Wildman–Crippen LogP) is 1.55. The lowest BCUT2D eigenvalue weighted by molar-refractivity contribution is 0.361. The monoisotopic (exact) mass is 211 g/mol. The Balaban J connectivity index is 1.84. The first-order valence-corrected chi connectivity index (χ1v) is 6.10. The van der Waals surface area contributed by atoms with Gasteiger partial charge in [0.2, 0.25) is 0 Å². The van der Waals surface area contributed by atoms with Crippen LogP contribution in [0.5, 0.6) is 0 Å². The van der Waals surface area contributed by atoms with E-state index in [4.69, 9.17) is 0 Å². The van der Waals surface area contributed by atoms with Crippen LogP contribution in [-0.4, -0.2) is 24.1 Å². The number of aromatic nitrogens is 1. The molecule has 0 bridgehead atoms. The van der Waals surface area contributed by atoms with Crippen molar-refractivity contribution in [3.05, 3.63) is 16.6 Å². The Morgan fingerprint density at radius 2 is 2.64 bits per heavy atom. The molecule has 2 heterocycles. The van der Waals surface area contributed by atoms with E-state index < -0.39 is 0 Å². The number of thiazole rings is 1. The molecule has 2 atom stereocenters. The van der Waals surface area contributed by atoms with Crippen LogP contribution in [0.1, 0.15) is 30.8 Å². The molecule has 0 unspecified atom stereocenters. The van der Waals surface area contributed by atoms with Gasteiger partial charge in [-0.2, -0.15) is 0 Å². The Labute approximate surface area is 88.9 Å². The quantitative estimate of drug-likeness (QED) is 0.796. The first-order valence-electron chi connectivity index (χ1n) is 5.22. The number of rotatable bonds is 3. The van der Waals surface area contributed by atoms with Gasteiger partial charge in [0.1, 0.15) is 5.01 Å². The van der Waals surface area contributed by atoms with E-state index in [0.29, 0.717) is 12.1 Å². The van der Waals surface area contributed by atoms with Gasteiger partial charge in [0, 0.05) is 24.2 Å². The molecule has 0 aliphatic carbocycles. The molecule has 14 heavy (non-hydrogen) atoms. The van der Waals surface area contributed by atoms with Crippen molar-refractivity contribution >= 4 is 11.3 Å². The summed E-state index contributed by atoms with van der Waals surface area (Å²) in [5.74, 6) is 0. The summed E-state index contributed by atoms with van der Waals surface area (Å²) in [6, 6.07) is 1.00. The first-order chi connectivity index (χ1) is 6.86. The molecule has 1 aliphatic rings. The first kappa shape index (κ1) is 10.1. The average molecular weight is 211 g/mol. The van der Waals surface area contributed by atoms with Crippen LogP contribution in [0.25, 0.3) is 0 Å². The molecule has 1 aromatic rings. The van der Waals surface area contributed by atoms with Gasteiger partial charge in [-0.1, -0.05) is 0 Å². The maximum absolute atomic E-state index is 4.32. The van der Waals surface area contributed by atoms with E-state index in [9.17, 15) is 0 Å². The molecule has 0 spiro atoms. The SMILES string of the molecule is C[C@H](N[C@@H]1CCCNC1)c1nccs1. The number of hydrogen-bond donors (Lipinski definition) is 2. The number of piperidine rings is 1. The van der Waals surface area contributed by atoms with Gasteiger partial charge >= 0.3 is 0 Å².